The van der Waals surface area contributed by atoms with Crippen molar-refractivity contribution in [2.24, 2.45) is 0 Å². The minimum absolute atomic E-state index is 0.278. The molecule has 1 N–H and O–H groups in total. The van der Waals surface area contributed by atoms with Gasteiger partial charge in [-0.15, -0.1) is 0 Å². The van der Waals surface area contributed by atoms with Gasteiger partial charge in [0.15, 0.2) is 0 Å². The molecule has 4 nitrogen and oxygen atoms in total. The second-order valence-corrected chi connectivity index (χ2v) is 4.58. The van der Waals surface area contributed by atoms with Crippen molar-refractivity contribution in [1.29, 1.82) is 0 Å². The van der Waals surface area contributed by atoms with Gasteiger partial charge < -0.3 is 10.1 Å². The lowest BCUT2D eigenvalue weighted by molar-refractivity contribution is 0.141. The molecule has 0 bridgehead atoms. The monoisotopic (exact) mass is 282 g/mol. The van der Waals surface area contributed by atoms with Crippen LogP contribution in [-0.2, 0) is 11.3 Å². The topological polar surface area (TPSA) is 51.2 Å². The highest BCUT2D eigenvalue weighted by molar-refractivity contribution is 5.67. The number of alkyl carbamates (subject to hydrolysis) is 1. The largest absolute Gasteiger partial charge is 0.445 e. The van der Waals surface area contributed by atoms with Crippen LogP contribution in [0, 0.1) is 6.92 Å². The Labute approximate surface area is 124 Å². The molecule has 0 spiro atoms. The molecule has 0 atom stereocenters. The van der Waals surface area contributed by atoms with Gasteiger partial charge in [-0.2, -0.15) is 0 Å². The summed E-state index contributed by atoms with van der Waals surface area (Å²) in [6, 6.07) is 13.5. The van der Waals surface area contributed by atoms with Crippen molar-refractivity contribution in [3.8, 4) is 0 Å². The Hall–Kier alpha value is -2.62. The second-order valence-electron chi connectivity index (χ2n) is 4.58. The molecule has 2 rings (SSSR count). The number of carbonyl (C=O) groups is 1. The summed E-state index contributed by atoms with van der Waals surface area (Å²) in [5.74, 6) is 0. The van der Waals surface area contributed by atoms with E-state index in [-0.39, 0.29) is 6.61 Å². The summed E-state index contributed by atoms with van der Waals surface area (Å²) in [6.07, 6.45) is 5.15. The number of amides is 1. The average Bonchev–Trinajstić information content (AvgIpc) is 2.51. The van der Waals surface area contributed by atoms with Gasteiger partial charge in [-0.05, 0) is 30.2 Å². The van der Waals surface area contributed by atoms with Crippen LogP contribution in [0.5, 0.6) is 0 Å². The fraction of sp³-hybridized carbons (Fsp3) is 0.176. The zero-order valence-electron chi connectivity index (χ0n) is 12.0. The molecule has 108 valence electrons. The zero-order valence-corrected chi connectivity index (χ0v) is 12.0. The maximum Gasteiger partial charge on any atom is 0.407 e. The van der Waals surface area contributed by atoms with E-state index < -0.39 is 6.09 Å². The number of ether oxygens (including phenoxy) is 1. The predicted octanol–water partition coefficient (Wildman–Crippen LogP) is 3.33. The van der Waals surface area contributed by atoms with Crippen LogP contribution in [0.25, 0.3) is 6.08 Å². The summed E-state index contributed by atoms with van der Waals surface area (Å²) in [7, 11) is 0. The first-order valence-corrected chi connectivity index (χ1v) is 6.78. The highest BCUT2D eigenvalue weighted by Crippen LogP contribution is 2.03. The Morgan fingerprint density at radius 3 is 2.86 bits per heavy atom. The quantitative estimate of drug-likeness (QED) is 0.915. The van der Waals surface area contributed by atoms with E-state index in [0.29, 0.717) is 6.54 Å². The summed E-state index contributed by atoms with van der Waals surface area (Å²) in [4.78, 5) is 15.6. The van der Waals surface area contributed by atoms with Crippen molar-refractivity contribution in [3.05, 3.63) is 71.6 Å². The normalized spacial score (nSPS) is 10.5. The third-order valence-electron chi connectivity index (χ3n) is 2.81. The van der Waals surface area contributed by atoms with Crippen molar-refractivity contribution >= 4 is 12.2 Å². The Morgan fingerprint density at radius 1 is 1.29 bits per heavy atom. The van der Waals surface area contributed by atoms with Gasteiger partial charge in [0.25, 0.3) is 0 Å². The highest BCUT2D eigenvalue weighted by atomic mass is 16.5. The summed E-state index contributed by atoms with van der Waals surface area (Å²) >= 11 is 0. The SMILES string of the molecule is Cc1cc(C=CCNC(=O)OCc2ccccc2)ccn1. The molecule has 0 fully saturated rings. The molecule has 21 heavy (non-hydrogen) atoms. The number of nitrogens with one attached hydrogen (secondary N) is 1. The van der Waals surface area contributed by atoms with Crippen molar-refractivity contribution in [2.45, 2.75) is 13.5 Å². The first-order chi connectivity index (χ1) is 10.2. The minimum Gasteiger partial charge on any atom is -0.445 e. The number of hydrogen-bond donors (Lipinski definition) is 1. The number of hydrogen-bond acceptors (Lipinski definition) is 3. The Balaban J connectivity index is 1.69. The molecule has 0 aliphatic rings. The summed E-state index contributed by atoms with van der Waals surface area (Å²) < 4.78 is 5.11. The van der Waals surface area contributed by atoms with Gasteiger partial charge >= 0.3 is 6.09 Å². The number of aromatic nitrogens is 1. The standard InChI is InChI=1S/C17H18N2O2/c1-14-12-15(9-11-18-14)8-5-10-19-17(20)21-13-16-6-3-2-4-7-16/h2-9,11-12H,10,13H2,1H3,(H,19,20). The molecular weight excluding hydrogens is 264 g/mol. The van der Waals surface area contributed by atoms with Gasteiger partial charge in [0.2, 0.25) is 0 Å². The van der Waals surface area contributed by atoms with Crippen LogP contribution in [0.15, 0.2) is 54.7 Å². The van der Waals surface area contributed by atoms with Crippen LogP contribution in [0.1, 0.15) is 16.8 Å². The summed E-state index contributed by atoms with van der Waals surface area (Å²) in [6.45, 7) is 2.64. The highest BCUT2D eigenvalue weighted by Gasteiger charge is 2.00. The fourth-order valence-electron chi connectivity index (χ4n) is 1.78. The van der Waals surface area contributed by atoms with E-state index >= 15 is 0 Å². The van der Waals surface area contributed by atoms with Crippen LogP contribution in [0.3, 0.4) is 0 Å². The lowest BCUT2D eigenvalue weighted by Gasteiger charge is -2.05. The maximum absolute atomic E-state index is 11.5. The number of carbonyl (C=O) groups excluding carboxylic acids is 1. The van der Waals surface area contributed by atoms with E-state index in [9.17, 15) is 4.79 Å². The molecule has 4 heteroatoms. The van der Waals surface area contributed by atoms with E-state index in [1.807, 2.05) is 61.5 Å². The van der Waals surface area contributed by atoms with Crippen LogP contribution < -0.4 is 5.32 Å². The van der Waals surface area contributed by atoms with Gasteiger partial charge in [0.05, 0.1) is 0 Å². The van der Waals surface area contributed by atoms with E-state index in [1.165, 1.54) is 0 Å². The Bertz CT molecular complexity index is 609. The molecule has 1 heterocycles. The number of benzene rings is 1. The first-order valence-electron chi connectivity index (χ1n) is 6.78. The minimum atomic E-state index is -0.422. The van der Waals surface area contributed by atoms with Crippen molar-refractivity contribution in [1.82, 2.24) is 10.3 Å². The maximum atomic E-state index is 11.5. The van der Waals surface area contributed by atoms with Gasteiger partial charge in [-0.3, -0.25) is 4.98 Å². The third kappa shape index (κ3) is 5.48. The number of rotatable bonds is 5. The second kappa shape index (κ2) is 7.85. The molecule has 0 saturated heterocycles. The van der Waals surface area contributed by atoms with Crippen LogP contribution in [0.2, 0.25) is 0 Å². The number of pyridine rings is 1. The molecule has 0 aliphatic heterocycles. The average molecular weight is 282 g/mol. The van der Waals surface area contributed by atoms with Gasteiger partial charge in [0, 0.05) is 18.4 Å². The molecular formula is C17H18N2O2. The fourth-order valence-corrected chi connectivity index (χ4v) is 1.78. The van der Waals surface area contributed by atoms with Crippen LogP contribution in [0.4, 0.5) is 4.79 Å². The summed E-state index contributed by atoms with van der Waals surface area (Å²) in [5, 5.41) is 2.67. The van der Waals surface area contributed by atoms with E-state index in [2.05, 4.69) is 10.3 Å². The van der Waals surface area contributed by atoms with Gasteiger partial charge in [0.1, 0.15) is 6.61 Å². The molecule has 0 radical (unpaired) electrons. The van der Waals surface area contributed by atoms with Crippen LogP contribution >= 0.6 is 0 Å². The molecule has 0 saturated carbocycles. The smallest absolute Gasteiger partial charge is 0.407 e. The van der Waals surface area contributed by atoms with Gasteiger partial charge in [-0.1, -0.05) is 42.5 Å². The lowest BCUT2D eigenvalue weighted by atomic mass is 10.2. The molecule has 0 unspecified atom stereocenters. The Kier molecular flexibility index (Phi) is 5.52. The molecule has 1 amide bonds. The van der Waals surface area contributed by atoms with Crippen molar-refractivity contribution in [3.63, 3.8) is 0 Å². The predicted molar refractivity (Wildman–Crippen MR) is 82.6 cm³/mol. The lowest BCUT2D eigenvalue weighted by Crippen LogP contribution is -2.24. The number of nitrogens with zero attached hydrogens (tertiary/aromatic N) is 1. The van der Waals surface area contributed by atoms with Crippen molar-refractivity contribution < 1.29 is 9.53 Å². The van der Waals surface area contributed by atoms with E-state index in [0.717, 1.165) is 16.8 Å². The Morgan fingerprint density at radius 2 is 2.10 bits per heavy atom. The number of aryl methyl sites for hydroxylation is 1. The van der Waals surface area contributed by atoms with E-state index in [1.54, 1.807) is 6.20 Å². The summed E-state index contributed by atoms with van der Waals surface area (Å²) in [5.41, 5.74) is 2.99. The molecule has 1 aromatic heterocycles. The van der Waals surface area contributed by atoms with Gasteiger partial charge in [-0.25, -0.2) is 4.79 Å². The van der Waals surface area contributed by atoms with Crippen LogP contribution in [-0.4, -0.2) is 17.6 Å². The molecule has 1 aromatic carbocycles. The third-order valence-corrected chi connectivity index (χ3v) is 2.81. The first kappa shape index (κ1) is 14.8. The zero-order chi connectivity index (χ0) is 14.9. The molecule has 2 aromatic rings. The van der Waals surface area contributed by atoms with Crippen molar-refractivity contribution in [2.75, 3.05) is 6.54 Å². The molecule has 0 aliphatic carbocycles. The van der Waals surface area contributed by atoms with E-state index in [4.69, 9.17) is 4.74 Å².